The van der Waals surface area contributed by atoms with E-state index in [0.29, 0.717) is 18.2 Å². The van der Waals surface area contributed by atoms with Crippen LogP contribution in [0.5, 0.6) is 5.75 Å². The summed E-state index contributed by atoms with van der Waals surface area (Å²) in [5.41, 5.74) is 0. The van der Waals surface area contributed by atoms with Gasteiger partial charge in [-0.15, -0.1) is 0 Å². The van der Waals surface area contributed by atoms with Crippen molar-refractivity contribution < 1.29 is 14.3 Å². The molecule has 0 aliphatic carbocycles. The lowest BCUT2D eigenvalue weighted by Gasteiger charge is -2.33. The number of carbonyl (C=O) groups excluding carboxylic acids is 1. The van der Waals surface area contributed by atoms with Crippen LogP contribution in [0.4, 0.5) is 0 Å². The van der Waals surface area contributed by atoms with Crippen molar-refractivity contribution in [1.82, 2.24) is 10.2 Å². The molecule has 0 aromatic heterocycles. The summed E-state index contributed by atoms with van der Waals surface area (Å²) in [6, 6.07) is 7.33. The summed E-state index contributed by atoms with van der Waals surface area (Å²) in [6.45, 7) is 2.72. The highest BCUT2D eigenvalue weighted by Crippen LogP contribution is 2.18. The summed E-state index contributed by atoms with van der Waals surface area (Å²) in [4.78, 5) is 18.0. The van der Waals surface area contributed by atoms with Crippen molar-refractivity contribution in [3.8, 4) is 5.75 Å². The second-order valence-electron chi connectivity index (χ2n) is 5.56. The highest BCUT2D eigenvalue weighted by Gasteiger charge is 2.26. The Morgan fingerprint density at radius 2 is 2.17 bits per heavy atom. The summed E-state index contributed by atoms with van der Waals surface area (Å²) >= 11 is 5.92. The molecule has 1 heterocycles. The number of rotatable bonds is 5. The first kappa shape index (κ1) is 18.4. The quantitative estimate of drug-likeness (QED) is 0.380. The number of guanidine groups is 1. The number of piperidine rings is 1. The van der Waals surface area contributed by atoms with Crippen LogP contribution in [0.2, 0.25) is 5.02 Å². The molecular weight excluding hydrogens is 330 g/mol. The zero-order chi connectivity index (χ0) is 17.4. The lowest BCUT2D eigenvalue weighted by molar-refractivity contribution is -0.146. The topological polar surface area (TPSA) is 63.2 Å². The third kappa shape index (κ3) is 5.30. The molecule has 24 heavy (non-hydrogen) atoms. The van der Waals surface area contributed by atoms with E-state index in [1.807, 2.05) is 18.2 Å². The number of nitrogens with zero attached hydrogens (tertiary/aromatic N) is 2. The number of benzene rings is 1. The lowest BCUT2D eigenvalue weighted by Crippen LogP contribution is -2.47. The molecule has 0 atom stereocenters. The molecule has 132 valence electrons. The molecule has 0 radical (unpaired) electrons. The molecule has 0 saturated carbocycles. The summed E-state index contributed by atoms with van der Waals surface area (Å²) in [7, 11) is 3.20. The molecule has 1 aromatic carbocycles. The van der Waals surface area contributed by atoms with Crippen LogP contribution in [-0.2, 0) is 9.53 Å². The average molecular weight is 354 g/mol. The number of aliphatic imine (C=N–C) groups is 1. The molecule has 2 rings (SSSR count). The highest BCUT2D eigenvalue weighted by molar-refractivity contribution is 6.30. The number of nitrogens with one attached hydrogen (secondary N) is 1. The first-order valence-electron chi connectivity index (χ1n) is 8.06. The molecule has 1 aliphatic rings. The third-order valence-electron chi connectivity index (χ3n) is 3.99. The van der Waals surface area contributed by atoms with Gasteiger partial charge in [0.1, 0.15) is 12.4 Å². The Bertz CT molecular complexity index is 572. The Hall–Kier alpha value is -1.95. The largest absolute Gasteiger partial charge is 0.492 e. The molecule has 7 heteroatoms. The predicted octanol–water partition coefficient (Wildman–Crippen LogP) is 2.18. The maximum atomic E-state index is 11.6. The smallest absolute Gasteiger partial charge is 0.308 e. The molecular formula is C17H24ClN3O3. The Morgan fingerprint density at radius 1 is 1.42 bits per heavy atom. The molecule has 0 amide bonds. The number of methoxy groups -OCH3 is 1. The highest BCUT2D eigenvalue weighted by atomic mass is 35.5. The van der Waals surface area contributed by atoms with Gasteiger partial charge in [-0.1, -0.05) is 17.7 Å². The molecule has 0 bridgehead atoms. The Morgan fingerprint density at radius 3 is 2.79 bits per heavy atom. The minimum atomic E-state index is -0.118. The first-order valence-corrected chi connectivity index (χ1v) is 8.43. The number of esters is 1. The van der Waals surface area contributed by atoms with Gasteiger partial charge in [-0.25, -0.2) is 0 Å². The SMILES string of the molecule is CN=C(NCCOc1cccc(Cl)c1)N1CCC(C(=O)OC)CC1. The minimum absolute atomic E-state index is 0.00415. The third-order valence-corrected chi connectivity index (χ3v) is 4.23. The minimum Gasteiger partial charge on any atom is -0.492 e. The number of hydrogen-bond donors (Lipinski definition) is 1. The normalized spacial score (nSPS) is 16.0. The van der Waals surface area contributed by atoms with Gasteiger partial charge in [0, 0.05) is 25.2 Å². The zero-order valence-corrected chi connectivity index (χ0v) is 14.9. The number of carbonyl (C=O) groups is 1. The lowest BCUT2D eigenvalue weighted by atomic mass is 9.97. The van der Waals surface area contributed by atoms with E-state index in [2.05, 4.69) is 15.2 Å². The van der Waals surface area contributed by atoms with Crippen LogP contribution in [0.15, 0.2) is 29.3 Å². The number of ether oxygens (including phenoxy) is 2. The molecule has 1 aromatic rings. The van der Waals surface area contributed by atoms with E-state index in [1.165, 1.54) is 7.11 Å². The molecule has 1 saturated heterocycles. The Labute approximate surface area is 147 Å². The molecule has 1 fully saturated rings. The van der Waals surface area contributed by atoms with Gasteiger partial charge < -0.3 is 19.7 Å². The Balaban J connectivity index is 1.72. The van der Waals surface area contributed by atoms with Crippen molar-refractivity contribution in [2.75, 3.05) is 40.4 Å². The van der Waals surface area contributed by atoms with Gasteiger partial charge in [0.05, 0.1) is 19.6 Å². The average Bonchev–Trinajstić information content (AvgIpc) is 2.61. The number of halogens is 1. The maximum Gasteiger partial charge on any atom is 0.308 e. The second-order valence-corrected chi connectivity index (χ2v) is 6.00. The Kier molecular flexibility index (Phi) is 7.18. The van der Waals surface area contributed by atoms with Crippen LogP contribution in [-0.4, -0.2) is 57.2 Å². The summed E-state index contributed by atoms with van der Waals surface area (Å²) in [6.07, 6.45) is 1.57. The van der Waals surface area contributed by atoms with Crippen molar-refractivity contribution in [2.24, 2.45) is 10.9 Å². The van der Waals surface area contributed by atoms with Gasteiger partial charge in [-0.2, -0.15) is 0 Å². The van der Waals surface area contributed by atoms with Crippen LogP contribution >= 0.6 is 11.6 Å². The van der Waals surface area contributed by atoms with E-state index in [1.54, 1.807) is 13.1 Å². The van der Waals surface area contributed by atoms with Gasteiger partial charge in [0.2, 0.25) is 0 Å². The van der Waals surface area contributed by atoms with Gasteiger partial charge >= 0.3 is 5.97 Å². The van der Waals surface area contributed by atoms with Crippen LogP contribution < -0.4 is 10.1 Å². The van der Waals surface area contributed by atoms with Crippen molar-refractivity contribution in [1.29, 1.82) is 0 Å². The molecule has 0 unspecified atom stereocenters. The zero-order valence-electron chi connectivity index (χ0n) is 14.1. The van der Waals surface area contributed by atoms with Crippen LogP contribution in [0.25, 0.3) is 0 Å². The van der Waals surface area contributed by atoms with E-state index in [9.17, 15) is 4.79 Å². The van der Waals surface area contributed by atoms with E-state index < -0.39 is 0 Å². The second kappa shape index (κ2) is 9.37. The summed E-state index contributed by atoms with van der Waals surface area (Å²) in [5, 5.41) is 3.94. The summed E-state index contributed by atoms with van der Waals surface area (Å²) < 4.78 is 10.5. The van der Waals surface area contributed by atoms with Gasteiger partial charge in [0.25, 0.3) is 0 Å². The van der Waals surface area contributed by atoms with Crippen molar-refractivity contribution in [2.45, 2.75) is 12.8 Å². The van der Waals surface area contributed by atoms with E-state index >= 15 is 0 Å². The number of likely N-dealkylation sites (tertiary alicyclic amines) is 1. The van der Waals surface area contributed by atoms with Crippen molar-refractivity contribution in [3.05, 3.63) is 29.3 Å². The van der Waals surface area contributed by atoms with Crippen LogP contribution in [0.1, 0.15) is 12.8 Å². The van der Waals surface area contributed by atoms with Crippen LogP contribution in [0.3, 0.4) is 0 Å². The van der Waals surface area contributed by atoms with Gasteiger partial charge in [0.15, 0.2) is 5.96 Å². The fourth-order valence-electron chi connectivity index (χ4n) is 2.71. The van der Waals surface area contributed by atoms with Crippen molar-refractivity contribution >= 4 is 23.5 Å². The number of hydrogen-bond acceptors (Lipinski definition) is 4. The van der Waals surface area contributed by atoms with Gasteiger partial charge in [-0.05, 0) is 31.0 Å². The molecule has 1 aliphatic heterocycles. The van der Waals surface area contributed by atoms with Gasteiger partial charge in [-0.3, -0.25) is 9.79 Å². The monoisotopic (exact) mass is 353 g/mol. The first-order chi connectivity index (χ1) is 11.6. The molecule has 6 nitrogen and oxygen atoms in total. The van der Waals surface area contributed by atoms with Crippen LogP contribution in [0, 0.1) is 5.92 Å². The fraction of sp³-hybridized carbons (Fsp3) is 0.529. The molecule has 1 N–H and O–H groups in total. The van der Waals surface area contributed by atoms with E-state index in [0.717, 1.165) is 37.6 Å². The predicted molar refractivity (Wildman–Crippen MR) is 94.6 cm³/mol. The standard InChI is InChI=1S/C17H24ClN3O3/c1-19-17(21-9-6-13(7-10-21)16(22)23-2)20-8-11-24-15-5-3-4-14(18)12-15/h3-5,12-13H,6-11H2,1-2H3,(H,19,20). The van der Waals surface area contributed by atoms with E-state index in [4.69, 9.17) is 21.1 Å². The van der Waals surface area contributed by atoms with Crippen molar-refractivity contribution in [3.63, 3.8) is 0 Å². The summed E-state index contributed by atoms with van der Waals surface area (Å²) in [5.74, 6) is 1.45. The molecule has 0 spiro atoms. The van der Waals surface area contributed by atoms with E-state index in [-0.39, 0.29) is 11.9 Å². The fourth-order valence-corrected chi connectivity index (χ4v) is 2.89. The maximum absolute atomic E-state index is 11.6.